The summed E-state index contributed by atoms with van der Waals surface area (Å²) in [4.78, 5) is 9.55. The van der Waals surface area contributed by atoms with Gasteiger partial charge in [-0.1, -0.05) is 31.2 Å². The summed E-state index contributed by atoms with van der Waals surface area (Å²) in [7, 11) is 0. The number of pyridine rings is 1. The molecule has 0 unspecified atom stereocenters. The van der Waals surface area contributed by atoms with Gasteiger partial charge in [-0.15, -0.1) is 11.6 Å². The van der Waals surface area contributed by atoms with E-state index < -0.39 is 0 Å². The van der Waals surface area contributed by atoms with Crippen LogP contribution in [0.4, 0.5) is 5.82 Å². The molecule has 1 fully saturated rings. The summed E-state index contributed by atoms with van der Waals surface area (Å²) in [6.07, 6.45) is 1.93. The van der Waals surface area contributed by atoms with Crippen molar-refractivity contribution in [3.05, 3.63) is 36.0 Å². The third-order valence-corrected chi connectivity index (χ3v) is 4.41. The minimum atomic E-state index is 0.511. The normalized spacial score (nSPS) is 16.8. The Morgan fingerprint density at radius 1 is 1.10 bits per heavy atom. The summed E-state index contributed by atoms with van der Waals surface area (Å²) in [5.74, 6) is 1.61. The van der Waals surface area contributed by atoms with Crippen molar-refractivity contribution in [3.63, 3.8) is 0 Å². The maximum Gasteiger partial charge on any atom is 0.136 e. The van der Waals surface area contributed by atoms with Crippen molar-refractivity contribution in [2.45, 2.75) is 12.8 Å². The third-order valence-electron chi connectivity index (χ3n) is 4.12. The number of piperazine rings is 1. The van der Waals surface area contributed by atoms with Gasteiger partial charge in [-0.2, -0.15) is 0 Å². The van der Waals surface area contributed by atoms with Crippen LogP contribution in [0, 0.1) is 0 Å². The molecule has 1 aromatic carbocycles. The molecule has 2 heterocycles. The highest BCUT2D eigenvalue weighted by Gasteiger charge is 2.19. The van der Waals surface area contributed by atoms with E-state index in [2.05, 4.69) is 46.0 Å². The first-order valence-electron chi connectivity index (χ1n) is 7.23. The van der Waals surface area contributed by atoms with E-state index in [4.69, 9.17) is 11.6 Å². The smallest absolute Gasteiger partial charge is 0.136 e. The van der Waals surface area contributed by atoms with Crippen LogP contribution in [0.3, 0.4) is 0 Å². The van der Waals surface area contributed by atoms with Crippen molar-refractivity contribution in [2.75, 3.05) is 37.6 Å². The van der Waals surface area contributed by atoms with Crippen LogP contribution < -0.4 is 4.90 Å². The maximum atomic E-state index is 6.02. The van der Waals surface area contributed by atoms with Crippen molar-refractivity contribution < 1.29 is 0 Å². The fourth-order valence-electron chi connectivity index (χ4n) is 2.87. The molecule has 1 saturated heterocycles. The van der Waals surface area contributed by atoms with E-state index in [1.54, 1.807) is 0 Å². The molecule has 0 bridgehead atoms. The summed E-state index contributed by atoms with van der Waals surface area (Å²) in [5, 5.41) is 2.45. The largest absolute Gasteiger partial charge is 0.354 e. The summed E-state index contributed by atoms with van der Waals surface area (Å²) >= 11 is 6.02. The van der Waals surface area contributed by atoms with E-state index in [0.29, 0.717) is 5.88 Å². The summed E-state index contributed by atoms with van der Waals surface area (Å²) in [6, 6.07) is 8.44. The fraction of sp³-hybridized carbons (Fsp3) is 0.438. The second-order valence-corrected chi connectivity index (χ2v) is 5.47. The number of likely N-dealkylation sites (N-methyl/N-ethyl adjacent to an activating group) is 1. The zero-order chi connectivity index (χ0) is 13.9. The van der Waals surface area contributed by atoms with Gasteiger partial charge < -0.3 is 9.80 Å². The maximum absolute atomic E-state index is 6.02. The van der Waals surface area contributed by atoms with Crippen molar-refractivity contribution in [2.24, 2.45) is 0 Å². The Morgan fingerprint density at radius 2 is 1.80 bits per heavy atom. The lowest BCUT2D eigenvalue weighted by Gasteiger charge is -2.35. The Hall–Kier alpha value is -1.32. The van der Waals surface area contributed by atoms with Crippen LogP contribution in [-0.4, -0.2) is 42.6 Å². The van der Waals surface area contributed by atoms with E-state index in [0.717, 1.165) is 44.1 Å². The molecule has 0 radical (unpaired) electrons. The van der Waals surface area contributed by atoms with Crippen LogP contribution in [-0.2, 0) is 5.88 Å². The van der Waals surface area contributed by atoms with Gasteiger partial charge in [0.2, 0.25) is 0 Å². The van der Waals surface area contributed by atoms with Crippen LogP contribution in [0.5, 0.6) is 0 Å². The topological polar surface area (TPSA) is 19.4 Å². The molecule has 0 N–H and O–H groups in total. The molecule has 0 amide bonds. The number of halogens is 1. The van der Waals surface area contributed by atoms with E-state index in [1.165, 1.54) is 10.8 Å². The predicted octanol–water partition coefficient (Wildman–Crippen LogP) is 3.12. The van der Waals surface area contributed by atoms with Crippen molar-refractivity contribution in [3.8, 4) is 0 Å². The molecule has 3 rings (SSSR count). The lowest BCUT2D eigenvalue weighted by atomic mass is 10.1. The summed E-state index contributed by atoms with van der Waals surface area (Å²) in [6.45, 7) is 7.68. The Balaban J connectivity index is 1.96. The number of aromatic nitrogens is 1. The average molecular weight is 290 g/mol. The van der Waals surface area contributed by atoms with Crippen LogP contribution in [0.1, 0.15) is 12.5 Å². The second kappa shape index (κ2) is 5.98. The van der Waals surface area contributed by atoms with Crippen molar-refractivity contribution in [1.82, 2.24) is 9.88 Å². The number of fused-ring (bicyclic) bond motifs is 1. The standard InChI is InChI=1S/C16H20ClN3/c1-2-19-7-9-20(10-8-19)16-15-6-4-3-5-14(15)13(11-17)12-18-16/h3-6,12H,2,7-11H2,1H3. The SMILES string of the molecule is CCN1CCN(c2ncc(CCl)c3ccccc23)CC1. The molecule has 0 saturated carbocycles. The van der Waals surface area contributed by atoms with Crippen molar-refractivity contribution >= 4 is 28.2 Å². The Labute approximate surface area is 125 Å². The Kier molecular flexibility index (Phi) is 4.08. The van der Waals surface area contributed by atoms with E-state index in [9.17, 15) is 0 Å². The highest BCUT2D eigenvalue weighted by atomic mass is 35.5. The van der Waals surface area contributed by atoms with Gasteiger partial charge in [-0.25, -0.2) is 4.98 Å². The number of alkyl halides is 1. The molecule has 0 atom stereocenters. The molecule has 20 heavy (non-hydrogen) atoms. The average Bonchev–Trinajstić information content (AvgIpc) is 2.54. The van der Waals surface area contributed by atoms with Crippen LogP contribution in [0.2, 0.25) is 0 Å². The highest BCUT2D eigenvalue weighted by molar-refractivity contribution is 6.18. The third kappa shape index (κ3) is 2.48. The lowest BCUT2D eigenvalue weighted by Crippen LogP contribution is -2.46. The molecule has 3 nitrogen and oxygen atoms in total. The van der Waals surface area contributed by atoms with Gasteiger partial charge in [0.1, 0.15) is 5.82 Å². The fourth-order valence-corrected chi connectivity index (χ4v) is 3.08. The molecule has 1 aliphatic heterocycles. The van der Waals surface area contributed by atoms with Gasteiger partial charge in [-0.05, 0) is 17.5 Å². The van der Waals surface area contributed by atoms with Gasteiger partial charge in [0.15, 0.2) is 0 Å². The number of rotatable bonds is 3. The van der Waals surface area contributed by atoms with E-state index in [-0.39, 0.29) is 0 Å². The molecule has 106 valence electrons. The molecule has 0 aliphatic carbocycles. The highest BCUT2D eigenvalue weighted by Crippen LogP contribution is 2.28. The molecule has 0 spiro atoms. The first kappa shape index (κ1) is 13.7. The van der Waals surface area contributed by atoms with Gasteiger partial charge in [0.05, 0.1) is 0 Å². The second-order valence-electron chi connectivity index (χ2n) is 5.21. The number of anilines is 1. The van der Waals surface area contributed by atoms with Gasteiger partial charge >= 0.3 is 0 Å². The monoisotopic (exact) mass is 289 g/mol. The van der Waals surface area contributed by atoms with Crippen LogP contribution >= 0.6 is 11.6 Å². The minimum absolute atomic E-state index is 0.511. The van der Waals surface area contributed by atoms with Crippen LogP contribution in [0.15, 0.2) is 30.5 Å². The number of hydrogen-bond donors (Lipinski definition) is 0. The minimum Gasteiger partial charge on any atom is -0.354 e. The van der Waals surface area contributed by atoms with Gasteiger partial charge in [-0.3, -0.25) is 0 Å². The first-order chi connectivity index (χ1) is 9.83. The Morgan fingerprint density at radius 3 is 2.45 bits per heavy atom. The number of hydrogen-bond acceptors (Lipinski definition) is 3. The van der Waals surface area contributed by atoms with E-state index >= 15 is 0 Å². The predicted molar refractivity (Wildman–Crippen MR) is 85.6 cm³/mol. The van der Waals surface area contributed by atoms with Gasteiger partial charge in [0.25, 0.3) is 0 Å². The van der Waals surface area contributed by atoms with E-state index in [1.807, 2.05) is 6.20 Å². The molecule has 1 aliphatic rings. The molecular weight excluding hydrogens is 270 g/mol. The molecule has 2 aromatic rings. The zero-order valence-corrected chi connectivity index (χ0v) is 12.6. The Bertz CT molecular complexity index is 591. The quantitative estimate of drug-likeness (QED) is 0.810. The molecule has 4 heteroatoms. The van der Waals surface area contributed by atoms with Gasteiger partial charge in [0, 0.05) is 43.6 Å². The number of nitrogens with zero attached hydrogens (tertiary/aromatic N) is 3. The summed E-state index contributed by atoms with van der Waals surface area (Å²) < 4.78 is 0. The van der Waals surface area contributed by atoms with Crippen LogP contribution in [0.25, 0.3) is 10.8 Å². The number of benzene rings is 1. The lowest BCUT2D eigenvalue weighted by molar-refractivity contribution is 0.271. The molecule has 1 aromatic heterocycles. The van der Waals surface area contributed by atoms with Crippen molar-refractivity contribution in [1.29, 1.82) is 0 Å². The zero-order valence-electron chi connectivity index (χ0n) is 11.8. The summed E-state index contributed by atoms with van der Waals surface area (Å²) in [5.41, 5.74) is 1.11. The molecular formula is C16H20ClN3. The first-order valence-corrected chi connectivity index (χ1v) is 7.77.